The van der Waals surface area contributed by atoms with Crippen molar-refractivity contribution in [2.24, 2.45) is 0 Å². The van der Waals surface area contributed by atoms with Gasteiger partial charge in [-0.25, -0.2) is 0 Å². The van der Waals surface area contributed by atoms with Gasteiger partial charge in [-0.3, -0.25) is 0 Å². The highest BCUT2D eigenvalue weighted by Gasteiger charge is 2.14. The van der Waals surface area contributed by atoms with Gasteiger partial charge in [-0.1, -0.05) is 0 Å². The first kappa shape index (κ1) is 14.0. The van der Waals surface area contributed by atoms with Crippen molar-refractivity contribution in [3.8, 4) is 0 Å². The number of aliphatic hydroxyl groups excluding tert-OH is 1. The van der Waals surface area contributed by atoms with Crippen LogP contribution in [0.5, 0.6) is 0 Å². The topological polar surface area (TPSA) is 110 Å². The second-order valence-corrected chi connectivity index (χ2v) is 4.79. The summed E-state index contributed by atoms with van der Waals surface area (Å²) in [5.74, 6) is 0. The second kappa shape index (κ2) is 5.71. The number of aliphatic hydroxyl groups is 1. The summed E-state index contributed by atoms with van der Waals surface area (Å²) >= 11 is 0. The van der Waals surface area contributed by atoms with Crippen LogP contribution in [0.25, 0.3) is 0 Å². The summed E-state index contributed by atoms with van der Waals surface area (Å²) in [6, 6.07) is 10.9. The third-order valence-corrected chi connectivity index (χ3v) is 3.22. The van der Waals surface area contributed by atoms with Gasteiger partial charge in [0.2, 0.25) is 0 Å². The van der Waals surface area contributed by atoms with Gasteiger partial charge in [0, 0.05) is 40.4 Å². The number of hydrogen-bond acceptors (Lipinski definition) is 5. The highest BCUT2D eigenvalue weighted by atomic mass is 16.3. The van der Waals surface area contributed by atoms with Crippen molar-refractivity contribution in [2.75, 3.05) is 22.5 Å². The number of hydrogen-bond donors (Lipinski definition) is 5. The van der Waals surface area contributed by atoms with Crippen LogP contribution in [0, 0.1) is 0 Å². The van der Waals surface area contributed by atoms with Crippen LogP contribution in [0.4, 0.5) is 22.7 Å². The molecule has 0 bridgehead atoms. The Hall–Kier alpha value is -2.40. The molecule has 0 saturated carbocycles. The number of anilines is 4. The molecular formula is C15H20N4O. The number of rotatable bonds is 4. The van der Waals surface area contributed by atoms with Gasteiger partial charge in [-0.2, -0.15) is 0 Å². The summed E-state index contributed by atoms with van der Waals surface area (Å²) < 4.78 is 0. The fraction of sp³-hybridized carbons (Fsp3) is 0.200. The van der Waals surface area contributed by atoms with Crippen molar-refractivity contribution >= 4 is 22.7 Å². The molecule has 1 atom stereocenters. The number of nitrogen functional groups attached to an aromatic ring is 3. The van der Waals surface area contributed by atoms with E-state index in [1.807, 2.05) is 24.3 Å². The maximum absolute atomic E-state index is 9.86. The van der Waals surface area contributed by atoms with Gasteiger partial charge in [-0.05, 0) is 43.3 Å². The maximum Gasteiger partial charge on any atom is 0.0786 e. The molecule has 0 amide bonds. The first-order valence-electron chi connectivity index (χ1n) is 6.43. The van der Waals surface area contributed by atoms with Crippen molar-refractivity contribution < 1.29 is 5.11 Å². The Balaban J connectivity index is 2.24. The molecule has 0 radical (unpaired) electrons. The second-order valence-electron chi connectivity index (χ2n) is 4.79. The van der Waals surface area contributed by atoms with Crippen molar-refractivity contribution in [1.29, 1.82) is 0 Å². The van der Waals surface area contributed by atoms with E-state index in [1.54, 1.807) is 19.1 Å². The number of nitrogens with two attached hydrogens (primary N) is 3. The molecule has 1 unspecified atom stereocenters. The van der Waals surface area contributed by atoms with Crippen molar-refractivity contribution in [3.05, 3.63) is 47.5 Å². The normalized spacial score (nSPS) is 12.1. The van der Waals surface area contributed by atoms with Crippen molar-refractivity contribution in [1.82, 2.24) is 0 Å². The summed E-state index contributed by atoms with van der Waals surface area (Å²) in [6.07, 6.45) is -0.665. The van der Waals surface area contributed by atoms with Crippen LogP contribution in [0.2, 0.25) is 0 Å². The Labute approximate surface area is 118 Å². The molecule has 0 aliphatic carbocycles. The Bertz CT molecular complexity index is 594. The third kappa shape index (κ3) is 2.95. The van der Waals surface area contributed by atoms with Crippen LogP contribution in [-0.4, -0.2) is 5.11 Å². The smallest absolute Gasteiger partial charge is 0.0786 e. The molecule has 0 aliphatic heterocycles. The third-order valence-electron chi connectivity index (χ3n) is 3.22. The molecule has 2 aromatic carbocycles. The molecule has 106 valence electrons. The Kier molecular flexibility index (Phi) is 4.00. The predicted molar refractivity (Wildman–Crippen MR) is 84.1 cm³/mol. The fourth-order valence-corrected chi connectivity index (χ4v) is 2.18. The molecule has 0 aliphatic rings. The lowest BCUT2D eigenvalue weighted by atomic mass is 9.99. The quantitative estimate of drug-likeness (QED) is 0.547. The summed E-state index contributed by atoms with van der Waals surface area (Å²) in [6.45, 7) is 2.17. The number of nitrogens with one attached hydrogen (secondary N) is 1. The maximum atomic E-state index is 9.86. The van der Waals surface area contributed by atoms with Gasteiger partial charge < -0.3 is 27.6 Å². The molecule has 0 spiro atoms. The van der Waals surface area contributed by atoms with Crippen molar-refractivity contribution in [3.63, 3.8) is 0 Å². The standard InChI is InChI=1S/C15H20N4O/c1-9(20)15-12(13(17)6-7-14(15)18)8-19-11-4-2-10(16)3-5-11/h2-7,9,19-20H,8,16-18H2,1H3. The van der Waals surface area contributed by atoms with E-state index in [2.05, 4.69) is 5.32 Å². The molecular weight excluding hydrogens is 252 g/mol. The Morgan fingerprint density at radius 2 is 1.60 bits per heavy atom. The molecule has 2 aromatic rings. The minimum atomic E-state index is -0.665. The summed E-state index contributed by atoms with van der Waals surface area (Å²) in [7, 11) is 0. The lowest BCUT2D eigenvalue weighted by Crippen LogP contribution is -2.11. The van der Waals surface area contributed by atoms with E-state index in [0.29, 0.717) is 29.2 Å². The fourth-order valence-electron chi connectivity index (χ4n) is 2.18. The van der Waals surface area contributed by atoms with Crippen LogP contribution in [0.3, 0.4) is 0 Å². The van der Waals surface area contributed by atoms with E-state index in [1.165, 1.54) is 0 Å². The van der Waals surface area contributed by atoms with E-state index < -0.39 is 6.10 Å². The Morgan fingerprint density at radius 3 is 2.20 bits per heavy atom. The zero-order chi connectivity index (χ0) is 14.7. The van der Waals surface area contributed by atoms with Crippen molar-refractivity contribution in [2.45, 2.75) is 19.6 Å². The average molecular weight is 272 g/mol. The zero-order valence-corrected chi connectivity index (χ0v) is 11.4. The van der Waals surface area contributed by atoms with Gasteiger partial charge in [-0.15, -0.1) is 0 Å². The SMILES string of the molecule is CC(O)c1c(N)ccc(N)c1CNc1ccc(N)cc1. The zero-order valence-electron chi connectivity index (χ0n) is 11.4. The minimum Gasteiger partial charge on any atom is -0.399 e. The van der Waals surface area contributed by atoms with Gasteiger partial charge >= 0.3 is 0 Å². The van der Waals surface area contributed by atoms with E-state index in [-0.39, 0.29) is 0 Å². The molecule has 5 heteroatoms. The molecule has 0 fully saturated rings. The lowest BCUT2D eigenvalue weighted by molar-refractivity contribution is 0.199. The highest BCUT2D eigenvalue weighted by molar-refractivity contribution is 5.64. The lowest BCUT2D eigenvalue weighted by Gasteiger charge is -2.18. The van der Waals surface area contributed by atoms with Crippen LogP contribution in [0.1, 0.15) is 24.2 Å². The monoisotopic (exact) mass is 272 g/mol. The summed E-state index contributed by atoms with van der Waals surface area (Å²) in [5, 5.41) is 13.1. The molecule has 8 N–H and O–H groups in total. The van der Waals surface area contributed by atoms with Crippen LogP contribution < -0.4 is 22.5 Å². The number of benzene rings is 2. The Morgan fingerprint density at radius 1 is 1.00 bits per heavy atom. The minimum absolute atomic E-state index is 0.487. The summed E-state index contributed by atoms with van der Waals surface area (Å²) in [4.78, 5) is 0. The molecule has 2 rings (SSSR count). The molecule has 0 saturated heterocycles. The van der Waals surface area contributed by atoms with Crippen LogP contribution >= 0.6 is 0 Å². The first-order chi connectivity index (χ1) is 9.49. The van der Waals surface area contributed by atoms with Gasteiger partial charge in [0.25, 0.3) is 0 Å². The average Bonchev–Trinajstić information content (AvgIpc) is 2.41. The first-order valence-corrected chi connectivity index (χ1v) is 6.43. The predicted octanol–water partition coefficient (Wildman–Crippen LogP) is 2.10. The molecule has 0 heterocycles. The molecule has 0 aromatic heterocycles. The van der Waals surface area contributed by atoms with Gasteiger partial charge in [0.15, 0.2) is 0 Å². The van der Waals surface area contributed by atoms with E-state index in [0.717, 1.165) is 11.3 Å². The highest BCUT2D eigenvalue weighted by Crippen LogP contribution is 2.29. The van der Waals surface area contributed by atoms with E-state index in [9.17, 15) is 5.11 Å². The van der Waals surface area contributed by atoms with E-state index >= 15 is 0 Å². The molecule has 5 nitrogen and oxygen atoms in total. The van der Waals surface area contributed by atoms with E-state index in [4.69, 9.17) is 17.2 Å². The van der Waals surface area contributed by atoms with Crippen LogP contribution in [0.15, 0.2) is 36.4 Å². The van der Waals surface area contributed by atoms with Crippen LogP contribution in [-0.2, 0) is 6.54 Å². The summed E-state index contributed by atoms with van der Waals surface area (Å²) in [5.41, 5.74) is 21.8. The van der Waals surface area contributed by atoms with Gasteiger partial charge in [0.05, 0.1) is 6.10 Å². The largest absolute Gasteiger partial charge is 0.399 e. The van der Waals surface area contributed by atoms with Gasteiger partial charge in [0.1, 0.15) is 0 Å². The molecule has 20 heavy (non-hydrogen) atoms.